The number of aryl methyl sites for hydroxylation is 1. The van der Waals surface area contributed by atoms with E-state index >= 15 is 0 Å². The molecule has 4 heteroatoms. The highest BCUT2D eigenvalue weighted by Gasteiger charge is 2.09. The van der Waals surface area contributed by atoms with Crippen LogP contribution in [0.3, 0.4) is 0 Å². The highest BCUT2D eigenvalue weighted by Crippen LogP contribution is 2.25. The third-order valence-electron chi connectivity index (χ3n) is 2.40. The van der Waals surface area contributed by atoms with Gasteiger partial charge in [-0.1, -0.05) is 6.07 Å². The van der Waals surface area contributed by atoms with Gasteiger partial charge in [-0.2, -0.15) is 0 Å². The number of hydrogen-bond donors (Lipinski definition) is 1. The van der Waals surface area contributed by atoms with E-state index in [2.05, 4.69) is 5.10 Å². The molecule has 0 bridgehead atoms. The third kappa shape index (κ3) is 1.68. The van der Waals surface area contributed by atoms with Gasteiger partial charge in [0.2, 0.25) is 5.88 Å². The molecule has 1 aromatic heterocycles. The maximum atomic E-state index is 5.60. The molecule has 0 unspecified atom stereocenters. The summed E-state index contributed by atoms with van der Waals surface area (Å²) in [5.41, 5.74) is 7.76. The van der Waals surface area contributed by atoms with E-state index in [1.165, 1.54) is 0 Å². The van der Waals surface area contributed by atoms with E-state index in [0.29, 0.717) is 19.0 Å². The fourth-order valence-corrected chi connectivity index (χ4v) is 1.64. The number of ether oxygens (including phenoxy) is 1. The first-order chi connectivity index (χ1) is 7.26. The predicted molar refractivity (Wildman–Crippen MR) is 59.8 cm³/mol. The van der Waals surface area contributed by atoms with Crippen LogP contribution in [0.2, 0.25) is 0 Å². The number of hydrogen-bond acceptors (Lipinski definition) is 3. The molecular formula is C11H15N3O. The third-order valence-corrected chi connectivity index (χ3v) is 2.40. The number of fused-ring (bicyclic) bond motifs is 1. The lowest BCUT2D eigenvalue weighted by molar-refractivity contribution is 0.326. The van der Waals surface area contributed by atoms with Crippen LogP contribution >= 0.6 is 0 Å². The number of nitrogens with two attached hydrogens (primary N) is 1. The molecule has 0 atom stereocenters. The minimum absolute atomic E-state index is 0.547. The van der Waals surface area contributed by atoms with Crippen LogP contribution in [0.4, 0.5) is 0 Å². The summed E-state index contributed by atoms with van der Waals surface area (Å²) in [6.07, 6.45) is 0. The molecule has 0 fully saturated rings. The summed E-state index contributed by atoms with van der Waals surface area (Å²) in [6, 6.07) is 6.06. The lowest BCUT2D eigenvalue weighted by Gasteiger charge is -1.99. The van der Waals surface area contributed by atoms with Crippen LogP contribution in [0.25, 0.3) is 10.9 Å². The largest absolute Gasteiger partial charge is 0.476 e. The molecule has 2 N–H and O–H groups in total. The summed E-state index contributed by atoms with van der Waals surface area (Å²) in [4.78, 5) is 0. The molecule has 0 spiro atoms. The lowest BCUT2D eigenvalue weighted by Crippen LogP contribution is -1.96. The zero-order valence-electron chi connectivity index (χ0n) is 9.03. The van der Waals surface area contributed by atoms with Gasteiger partial charge in [-0.25, -0.2) is 0 Å². The Labute approximate surface area is 88.6 Å². The molecule has 0 radical (unpaired) electrons. The van der Waals surface area contributed by atoms with Crippen LogP contribution in [-0.2, 0) is 13.6 Å². The Morgan fingerprint density at radius 2 is 2.27 bits per heavy atom. The minimum Gasteiger partial charge on any atom is -0.476 e. The lowest BCUT2D eigenvalue weighted by atomic mass is 10.1. The molecule has 0 saturated heterocycles. The van der Waals surface area contributed by atoms with Crippen molar-refractivity contribution in [1.82, 2.24) is 9.78 Å². The van der Waals surface area contributed by atoms with Gasteiger partial charge in [-0.05, 0) is 24.6 Å². The van der Waals surface area contributed by atoms with Crippen LogP contribution in [-0.4, -0.2) is 16.4 Å². The first-order valence-corrected chi connectivity index (χ1v) is 5.04. The molecule has 0 aliphatic rings. The van der Waals surface area contributed by atoms with Crippen molar-refractivity contribution in [3.05, 3.63) is 23.8 Å². The molecule has 4 nitrogen and oxygen atoms in total. The van der Waals surface area contributed by atoms with Crippen molar-refractivity contribution in [2.45, 2.75) is 13.5 Å². The zero-order valence-corrected chi connectivity index (χ0v) is 9.03. The zero-order chi connectivity index (χ0) is 10.8. The Hall–Kier alpha value is -1.55. The molecule has 2 rings (SSSR count). The topological polar surface area (TPSA) is 53.1 Å². The molecular weight excluding hydrogens is 190 g/mol. The van der Waals surface area contributed by atoms with Gasteiger partial charge in [-0.3, -0.25) is 4.68 Å². The summed E-state index contributed by atoms with van der Waals surface area (Å²) in [5, 5.41) is 5.35. The maximum absolute atomic E-state index is 5.60. The Balaban J connectivity index is 2.59. The van der Waals surface area contributed by atoms with Gasteiger partial charge < -0.3 is 10.5 Å². The fourth-order valence-electron chi connectivity index (χ4n) is 1.64. The van der Waals surface area contributed by atoms with Crippen molar-refractivity contribution in [1.29, 1.82) is 0 Å². The maximum Gasteiger partial charge on any atom is 0.240 e. The molecule has 0 aliphatic carbocycles. The number of aromatic nitrogens is 2. The molecule has 15 heavy (non-hydrogen) atoms. The smallest absolute Gasteiger partial charge is 0.240 e. The van der Waals surface area contributed by atoms with Crippen molar-refractivity contribution in [3.63, 3.8) is 0 Å². The summed E-state index contributed by atoms with van der Waals surface area (Å²) in [7, 11) is 1.91. The second kappa shape index (κ2) is 3.90. The van der Waals surface area contributed by atoms with Gasteiger partial charge in [0.25, 0.3) is 0 Å². The van der Waals surface area contributed by atoms with E-state index in [0.717, 1.165) is 16.5 Å². The predicted octanol–water partition coefficient (Wildman–Crippen LogP) is 1.43. The molecule has 1 heterocycles. The Morgan fingerprint density at radius 1 is 1.47 bits per heavy atom. The highest BCUT2D eigenvalue weighted by molar-refractivity contribution is 5.85. The SMILES string of the molecule is CCOc1nn(C)c2cc(CN)ccc12. The van der Waals surface area contributed by atoms with E-state index in [1.54, 1.807) is 0 Å². The van der Waals surface area contributed by atoms with Crippen molar-refractivity contribution in [3.8, 4) is 5.88 Å². The second-order valence-electron chi connectivity index (χ2n) is 3.42. The van der Waals surface area contributed by atoms with Crippen molar-refractivity contribution >= 4 is 10.9 Å². The second-order valence-corrected chi connectivity index (χ2v) is 3.42. The van der Waals surface area contributed by atoms with E-state index in [1.807, 2.05) is 36.9 Å². The fraction of sp³-hybridized carbons (Fsp3) is 0.364. The van der Waals surface area contributed by atoms with Gasteiger partial charge in [0.05, 0.1) is 17.5 Å². The summed E-state index contributed by atoms with van der Waals surface area (Å²) < 4.78 is 7.27. The molecule has 0 aliphatic heterocycles. The van der Waals surface area contributed by atoms with Gasteiger partial charge in [0.15, 0.2) is 0 Å². The highest BCUT2D eigenvalue weighted by atomic mass is 16.5. The standard InChI is InChI=1S/C11H15N3O/c1-3-15-11-9-5-4-8(7-12)6-10(9)14(2)13-11/h4-6H,3,7,12H2,1-2H3. The molecule has 2 aromatic rings. The van der Waals surface area contributed by atoms with Gasteiger partial charge in [0.1, 0.15) is 0 Å². The van der Waals surface area contributed by atoms with Gasteiger partial charge in [0, 0.05) is 13.6 Å². The Kier molecular flexibility index (Phi) is 2.60. The van der Waals surface area contributed by atoms with E-state index in [-0.39, 0.29) is 0 Å². The van der Waals surface area contributed by atoms with Crippen LogP contribution in [0.5, 0.6) is 5.88 Å². The van der Waals surface area contributed by atoms with Crippen LogP contribution in [0, 0.1) is 0 Å². The van der Waals surface area contributed by atoms with E-state index in [4.69, 9.17) is 10.5 Å². The van der Waals surface area contributed by atoms with Gasteiger partial charge in [-0.15, -0.1) is 5.10 Å². The number of rotatable bonds is 3. The molecule has 0 saturated carbocycles. The average molecular weight is 205 g/mol. The first-order valence-electron chi connectivity index (χ1n) is 5.04. The summed E-state index contributed by atoms with van der Waals surface area (Å²) >= 11 is 0. The molecule has 80 valence electrons. The Bertz CT molecular complexity index is 476. The van der Waals surface area contributed by atoms with Crippen molar-refractivity contribution in [2.24, 2.45) is 12.8 Å². The van der Waals surface area contributed by atoms with Crippen LogP contribution in [0.1, 0.15) is 12.5 Å². The molecule has 1 aromatic carbocycles. The summed E-state index contributed by atoms with van der Waals surface area (Å²) in [5.74, 6) is 0.693. The quantitative estimate of drug-likeness (QED) is 0.824. The normalized spacial score (nSPS) is 10.9. The minimum atomic E-state index is 0.547. The van der Waals surface area contributed by atoms with Crippen LogP contribution in [0.15, 0.2) is 18.2 Å². The van der Waals surface area contributed by atoms with E-state index in [9.17, 15) is 0 Å². The molecule has 0 amide bonds. The monoisotopic (exact) mass is 205 g/mol. The van der Waals surface area contributed by atoms with Crippen LogP contribution < -0.4 is 10.5 Å². The van der Waals surface area contributed by atoms with Crippen molar-refractivity contribution < 1.29 is 4.74 Å². The first kappa shape index (κ1) is 9.98. The number of benzene rings is 1. The average Bonchev–Trinajstić information content (AvgIpc) is 2.56. The number of nitrogens with zero attached hydrogens (tertiary/aromatic N) is 2. The van der Waals surface area contributed by atoms with Gasteiger partial charge >= 0.3 is 0 Å². The Morgan fingerprint density at radius 3 is 2.93 bits per heavy atom. The van der Waals surface area contributed by atoms with Crippen molar-refractivity contribution in [2.75, 3.05) is 6.61 Å². The summed E-state index contributed by atoms with van der Waals surface area (Å²) in [6.45, 7) is 3.13. The van der Waals surface area contributed by atoms with E-state index < -0.39 is 0 Å².